The van der Waals surface area contributed by atoms with Gasteiger partial charge in [0.25, 0.3) is 0 Å². The first-order valence-corrected chi connectivity index (χ1v) is 9.83. The third kappa shape index (κ3) is 4.42. The van der Waals surface area contributed by atoms with E-state index in [1.807, 2.05) is 23.7 Å². The van der Waals surface area contributed by atoms with Crippen LogP contribution in [-0.2, 0) is 21.9 Å². The molecule has 1 heterocycles. The van der Waals surface area contributed by atoms with Crippen LogP contribution in [0.3, 0.4) is 0 Å². The summed E-state index contributed by atoms with van der Waals surface area (Å²) < 4.78 is 8.10. The zero-order valence-electron chi connectivity index (χ0n) is 15.2. The van der Waals surface area contributed by atoms with Crippen molar-refractivity contribution in [2.45, 2.75) is 52.8 Å². The van der Waals surface area contributed by atoms with Gasteiger partial charge in [0.15, 0.2) is 5.25 Å². The molecule has 0 fully saturated rings. The summed E-state index contributed by atoms with van der Waals surface area (Å²) in [6.07, 6.45) is 3.16. The molecule has 0 bridgehead atoms. The summed E-state index contributed by atoms with van der Waals surface area (Å²) in [5.41, 5.74) is 9.14. The van der Waals surface area contributed by atoms with Crippen molar-refractivity contribution in [3.8, 4) is 0 Å². The third-order valence-electron chi connectivity index (χ3n) is 4.46. The molecule has 0 amide bonds. The maximum Gasteiger partial charge on any atom is 0.152 e. The van der Waals surface area contributed by atoms with Crippen LogP contribution in [0.15, 0.2) is 18.2 Å². The van der Waals surface area contributed by atoms with Gasteiger partial charge in [0.05, 0.1) is 11.2 Å². The summed E-state index contributed by atoms with van der Waals surface area (Å²) in [7, 11) is 0. The lowest BCUT2D eigenvalue weighted by Gasteiger charge is -2.23. The van der Waals surface area contributed by atoms with Crippen LogP contribution in [0.4, 0.5) is 5.69 Å². The molecule has 0 aliphatic rings. The lowest BCUT2D eigenvalue weighted by molar-refractivity contribution is 0.318. The topological polar surface area (TPSA) is 53.1 Å². The molecule has 0 aliphatic heterocycles. The van der Waals surface area contributed by atoms with Gasteiger partial charge >= 0.3 is 0 Å². The highest BCUT2D eigenvalue weighted by Crippen LogP contribution is 2.26. The number of anilines is 1. The second kappa shape index (κ2) is 7.14. The maximum atomic E-state index is 6.06. The van der Waals surface area contributed by atoms with E-state index in [1.165, 1.54) is 5.39 Å². The minimum atomic E-state index is -0.0174. The number of hydrogen-bond donors (Lipinski definition) is 1. The average Bonchev–Trinajstić information content (AvgIpc) is 2.77. The van der Waals surface area contributed by atoms with Crippen LogP contribution < -0.4 is 5.73 Å². The van der Waals surface area contributed by atoms with Crippen molar-refractivity contribution in [1.82, 2.24) is 9.78 Å². The van der Waals surface area contributed by atoms with Gasteiger partial charge in [-0.3, -0.25) is 4.68 Å². The number of aromatic nitrogens is 2. The van der Waals surface area contributed by atoms with E-state index in [-0.39, 0.29) is 16.6 Å². The number of benzene rings is 1. The van der Waals surface area contributed by atoms with E-state index in [4.69, 9.17) is 9.92 Å². The molecule has 0 aliphatic carbocycles. The van der Waals surface area contributed by atoms with Crippen molar-refractivity contribution in [1.29, 1.82) is 0 Å². The van der Waals surface area contributed by atoms with E-state index < -0.39 is 0 Å². The molecule has 0 spiro atoms. The zero-order chi connectivity index (χ0) is 17.2. The Hall–Kier alpha value is -1.20. The lowest BCUT2D eigenvalue weighted by atomic mass is 9.93. The molecule has 1 aromatic heterocycles. The first kappa shape index (κ1) is 18.1. The monoisotopic (exact) mass is 336 g/mol. The molecule has 0 saturated carbocycles. The van der Waals surface area contributed by atoms with Crippen molar-refractivity contribution in [2.24, 2.45) is 5.41 Å². The van der Waals surface area contributed by atoms with Crippen molar-refractivity contribution >= 4 is 27.8 Å². The molecule has 2 unspecified atom stereocenters. The van der Waals surface area contributed by atoms with Crippen LogP contribution in [0.2, 0.25) is 0 Å². The van der Waals surface area contributed by atoms with E-state index >= 15 is 0 Å². The fourth-order valence-corrected chi connectivity index (χ4v) is 4.11. The number of nitrogens with two attached hydrogens (primary N) is 1. The molecule has 128 valence electrons. The summed E-state index contributed by atoms with van der Waals surface area (Å²) in [6.45, 7) is 12.8. The number of nitrogens with zero attached hydrogens (tertiary/aromatic N) is 2. The lowest BCUT2D eigenvalue weighted by Crippen LogP contribution is -2.32. The molecule has 5 heteroatoms. The number of fused-ring (bicyclic) bond motifs is 1. The first-order chi connectivity index (χ1) is 10.7. The van der Waals surface area contributed by atoms with Crippen LogP contribution in [0, 0.1) is 12.3 Å². The highest BCUT2D eigenvalue weighted by atomic mass is 32.2. The van der Waals surface area contributed by atoms with Gasteiger partial charge < -0.3 is 5.73 Å². The molecule has 2 atom stereocenters. The third-order valence-corrected chi connectivity index (χ3v) is 6.70. The molecule has 0 radical (unpaired) electrons. The van der Waals surface area contributed by atoms with Crippen LogP contribution in [0.1, 0.15) is 39.8 Å². The smallest absolute Gasteiger partial charge is 0.152 e. The second-order valence-electron chi connectivity index (χ2n) is 7.27. The predicted octanol–water partition coefficient (Wildman–Crippen LogP) is 3.93. The van der Waals surface area contributed by atoms with Crippen LogP contribution in [-0.4, -0.2) is 27.9 Å². The molecule has 1 aromatic carbocycles. The number of aryl methyl sites for hydroxylation is 2. The van der Waals surface area contributed by atoms with Crippen LogP contribution in [0.5, 0.6) is 0 Å². The van der Waals surface area contributed by atoms with E-state index in [9.17, 15) is 0 Å². The predicted molar refractivity (Wildman–Crippen MR) is 102 cm³/mol. The Morgan fingerprint density at radius 3 is 2.70 bits per heavy atom. The first-order valence-electron chi connectivity index (χ1n) is 8.21. The summed E-state index contributed by atoms with van der Waals surface area (Å²) in [5, 5.41) is 6.36. The second-order valence-corrected chi connectivity index (χ2v) is 9.21. The number of nitrogen functional groups attached to an aromatic ring is 1. The molecular weight excluding hydrogens is 306 g/mol. The Bertz CT molecular complexity index is 660. The molecule has 4 nitrogen and oxygen atoms in total. The minimum Gasteiger partial charge on any atom is -0.399 e. The molecule has 23 heavy (non-hydrogen) atoms. The Kier molecular flexibility index (Phi) is 5.63. The molecular formula is C18H30N3OS+. The van der Waals surface area contributed by atoms with E-state index in [2.05, 4.69) is 45.1 Å². The average molecular weight is 337 g/mol. The fourth-order valence-electron chi connectivity index (χ4n) is 2.53. The molecule has 2 rings (SSSR count). The van der Waals surface area contributed by atoms with Gasteiger partial charge in [-0.25, -0.2) is 0 Å². The van der Waals surface area contributed by atoms with Crippen LogP contribution in [0.25, 0.3) is 10.9 Å². The summed E-state index contributed by atoms with van der Waals surface area (Å²) in [6, 6.07) is 5.98. The van der Waals surface area contributed by atoms with Crippen molar-refractivity contribution in [2.75, 3.05) is 18.6 Å². The number of hydrogen-bond acceptors (Lipinski definition) is 3. The molecule has 2 aromatic rings. The summed E-state index contributed by atoms with van der Waals surface area (Å²) in [4.78, 5) is 0. The Labute approximate surface area is 142 Å². The number of rotatable bonds is 6. The quantitative estimate of drug-likeness (QED) is 0.494. The van der Waals surface area contributed by atoms with Crippen molar-refractivity contribution in [3.05, 3.63) is 23.9 Å². The summed E-state index contributed by atoms with van der Waals surface area (Å²) >= 11 is -0.0174. The molecule has 2 N–H and O–H groups in total. The van der Waals surface area contributed by atoms with E-state index in [0.717, 1.165) is 36.5 Å². The fraction of sp³-hybridized carbons (Fsp3) is 0.611. The minimum absolute atomic E-state index is 0.0174. The standard InChI is InChI=1S/C18H30N3OS/c1-13-16-9-8-15(19)12-17(16)21(20-13)10-7-11-22-23(6)14(2)18(3,4)5/h8-9,12,14H,7,10-11,19H2,1-6H3/q+1. The Morgan fingerprint density at radius 2 is 2.04 bits per heavy atom. The van der Waals surface area contributed by atoms with Gasteiger partial charge in [0, 0.05) is 23.0 Å². The van der Waals surface area contributed by atoms with Gasteiger partial charge in [-0.2, -0.15) is 9.28 Å². The van der Waals surface area contributed by atoms with Crippen molar-refractivity contribution < 1.29 is 4.18 Å². The normalized spacial score (nSPS) is 15.0. The maximum absolute atomic E-state index is 6.06. The molecule has 0 saturated heterocycles. The van der Waals surface area contributed by atoms with E-state index in [0.29, 0.717) is 5.25 Å². The summed E-state index contributed by atoms with van der Waals surface area (Å²) in [5.74, 6) is 0. The Balaban J connectivity index is 1.91. The van der Waals surface area contributed by atoms with Gasteiger partial charge in [-0.05, 0) is 38.5 Å². The van der Waals surface area contributed by atoms with Gasteiger partial charge in [0.1, 0.15) is 24.0 Å². The van der Waals surface area contributed by atoms with Gasteiger partial charge in [0.2, 0.25) is 0 Å². The highest BCUT2D eigenvalue weighted by Gasteiger charge is 2.34. The highest BCUT2D eigenvalue weighted by molar-refractivity contribution is 7.92. The SMILES string of the molecule is Cc1nn(CCCO[S+](C)C(C)C(C)(C)C)c2cc(N)ccc12. The van der Waals surface area contributed by atoms with Crippen LogP contribution >= 0.6 is 0 Å². The Morgan fingerprint density at radius 1 is 1.35 bits per heavy atom. The van der Waals surface area contributed by atoms with Gasteiger partial charge in [-0.1, -0.05) is 20.8 Å². The largest absolute Gasteiger partial charge is 0.399 e. The zero-order valence-corrected chi connectivity index (χ0v) is 16.0. The van der Waals surface area contributed by atoms with Gasteiger partial charge in [-0.15, -0.1) is 0 Å². The van der Waals surface area contributed by atoms with Crippen molar-refractivity contribution in [3.63, 3.8) is 0 Å². The van der Waals surface area contributed by atoms with E-state index in [1.54, 1.807) is 0 Å².